The van der Waals surface area contributed by atoms with Crippen LogP contribution in [0.15, 0.2) is 6.33 Å². The summed E-state index contributed by atoms with van der Waals surface area (Å²) in [5, 5.41) is 4.33. The number of hydrogen-bond donors (Lipinski definition) is 1. The molecule has 25 heavy (non-hydrogen) atoms. The number of ether oxygens (including phenoxy) is 2. The van der Waals surface area contributed by atoms with Gasteiger partial charge in [0.05, 0.1) is 29.6 Å². The van der Waals surface area contributed by atoms with Crippen molar-refractivity contribution in [3.63, 3.8) is 0 Å². The van der Waals surface area contributed by atoms with Crippen LogP contribution in [0, 0.1) is 6.92 Å². The van der Waals surface area contributed by atoms with Crippen molar-refractivity contribution < 1.29 is 14.3 Å². The van der Waals surface area contributed by atoms with Crippen molar-refractivity contribution in [1.29, 1.82) is 0 Å². The summed E-state index contributed by atoms with van der Waals surface area (Å²) in [6, 6.07) is 0. The lowest BCUT2D eigenvalue weighted by molar-refractivity contribution is 0.0306. The molecule has 2 aliphatic heterocycles. The van der Waals surface area contributed by atoms with Crippen molar-refractivity contribution in [1.82, 2.24) is 14.9 Å². The zero-order valence-electron chi connectivity index (χ0n) is 14.3. The number of aromatic nitrogens is 2. The van der Waals surface area contributed by atoms with Crippen LogP contribution in [-0.2, 0) is 9.47 Å². The molecule has 2 fully saturated rings. The molecule has 134 valence electrons. The Labute approximate surface area is 150 Å². The van der Waals surface area contributed by atoms with Gasteiger partial charge in [-0.2, -0.15) is 0 Å². The molecule has 0 unspecified atom stereocenters. The van der Waals surface area contributed by atoms with Gasteiger partial charge in [-0.3, -0.25) is 4.79 Å². The number of carbonyl (C=O) groups is 1. The average molecular weight is 362 g/mol. The van der Waals surface area contributed by atoms with E-state index in [0.717, 1.165) is 52.5 Å². The van der Waals surface area contributed by atoms with Gasteiger partial charge in [0.1, 0.15) is 17.0 Å². The van der Waals surface area contributed by atoms with E-state index in [-0.39, 0.29) is 12.0 Å². The van der Waals surface area contributed by atoms with Crippen LogP contribution >= 0.6 is 11.3 Å². The van der Waals surface area contributed by atoms with E-state index in [1.54, 1.807) is 6.33 Å². The summed E-state index contributed by atoms with van der Waals surface area (Å²) in [6.07, 6.45) is 3.98. The van der Waals surface area contributed by atoms with Crippen LogP contribution in [0.4, 0.5) is 5.82 Å². The van der Waals surface area contributed by atoms with Crippen LogP contribution in [0.5, 0.6) is 0 Å². The maximum atomic E-state index is 12.9. The molecule has 7 nitrogen and oxygen atoms in total. The molecule has 0 aromatic carbocycles. The largest absolute Gasteiger partial charge is 0.378 e. The number of hydrogen-bond acceptors (Lipinski definition) is 7. The van der Waals surface area contributed by atoms with Crippen LogP contribution < -0.4 is 5.32 Å². The van der Waals surface area contributed by atoms with E-state index in [1.807, 2.05) is 11.8 Å². The number of morpholine rings is 1. The monoisotopic (exact) mass is 362 g/mol. The average Bonchev–Trinajstić information content (AvgIpc) is 3.28. The molecule has 2 aliphatic rings. The number of thiophene rings is 1. The smallest absolute Gasteiger partial charge is 0.264 e. The standard InChI is InChI=1S/C17H22N4O3S/c1-11-13-15(18-9-12-3-2-6-24-12)19-10-20-16(13)25-14(11)17(22)21-4-7-23-8-5-21/h10,12H,2-9H2,1H3,(H,18,19,20)/t12-/m1/s1. The minimum Gasteiger partial charge on any atom is -0.378 e. The fraction of sp³-hybridized carbons (Fsp3) is 0.588. The Morgan fingerprint density at radius 3 is 2.96 bits per heavy atom. The fourth-order valence-corrected chi connectivity index (χ4v) is 4.45. The molecule has 4 heterocycles. The number of anilines is 1. The van der Waals surface area contributed by atoms with E-state index >= 15 is 0 Å². The van der Waals surface area contributed by atoms with Gasteiger partial charge in [0.25, 0.3) is 5.91 Å². The highest BCUT2D eigenvalue weighted by Crippen LogP contribution is 2.34. The van der Waals surface area contributed by atoms with E-state index < -0.39 is 0 Å². The van der Waals surface area contributed by atoms with Gasteiger partial charge < -0.3 is 19.7 Å². The van der Waals surface area contributed by atoms with Crippen molar-refractivity contribution in [2.45, 2.75) is 25.9 Å². The summed E-state index contributed by atoms with van der Waals surface area (Å²) in [4.78, 5) is 25.1. The highest BCUT2D eigenvalue weighted by molar-refractivity contribution is 7.20. The number of carbonyl (C=O) groups excluding carboxylic acids is 1. The van der Waals surface area contributed by atoms with Crippen LogP contribution in [0.3, 0.4) is 0 Å². The molecular formula is C17H22N4O3S. The molecule has 2 aromatic heterocycles. The highest BCUT2D eigenvalue weighted by Gasteiger charge is 2.25. The van der Waals surface area contributed by atoms with E-state index in [4.69, 9.17) is 9.47 Å². The van der Waals surface area contributed by atoms with Gasteiger partial charge in [-0.1, -0.05) is 0 Å². The first-order chi connectivity index (χ1) is 12.2. The summed E-state index contributed by atoms with van der Waals surface area (Å²) in [6.45, 7) is 6.03. The first-order valence-electron chi connectivity index (χ1n) is 8.70. The van der Waals surface area contributed by atoms with Gasteiger partial charge in [0.2, 0.25) is 0 Å². The van der Waals surface area contributed by atoms with Crippen molar-refractivity contribution >= 4 is 33.3 Å². The molecule has 1 N–H and O–H groups in total. The van der Waals surface area contributed by atoms with E-state index in [2.05, 4.69) is 15.3 Å². The minimum absolute atomic E-state index is 0.0638. The Bertz CT molecular complexity index is 767. The minimum atomic E-state index is 0.0638. The summed E-state index contributed by atoms with van der Waals surface area (Å²) in [5.74, 6) is 0.851. The molecule has 2 saturated heterocycles. The Morgan fingerprint density at radius 1 is 1.36 bits per heavy atom. The van der Waals surface area contributed by atoms with E-state index in [9.17, 15) is 4.79 Å². The SMILES string of the molecule is Cc1c(C(=O)N2CCOCC2)sc2ncnc(NC[C@H]3CCCO3)c12. The van der Waals surface area contributed by atoms with Crippen LogP contribution in [0.25, 0.3) is 10.2 Å². The first kappa shape index (κ1) is 16.7. The van der Waals surface area contributed by atoms with E-state index in [1.165, 1.54) is 11.3 Å². The van der Waals surface area contributed by atoms with Crippen molar-refractivity contribution in [2.75, 3.05) is 44.8 Å². The molecule has 2 aromatic rings. The Morgan fingerprint density at radius 2 is 2.20 bits per heavy atom. The Hall–Kier alpha value is -1.77. The number of amides is 1. The van der Waals surface area contributed by atoms with Crippen LogP contribution in [0.2, 0.25) is 0 Å². The predicted molar refractivity (Wildman–Crippen MR) is 96.3 cm³/mol. The second kappa shape index (κ2) is 7.23. The van der Waals surface area contributed by atoms with Crippen LogP contribution in [-0.4, -0.2) is 66.3 Å². The molecule has 8 heteroatoms. The normalized spacial score (nSPS) is 21.0. The third-order valence-electron chi connectivity index (χ3n) is 4.74. The summed E-state index contributed by atoms with van der Waals surface area (Å²) in [5.41, 5.74) is 0.951. The van der Waals surface area contributed by atoms with Gasteiger partial charge in [-0.05, 0) is 25.3 Å². The van der Waals surface area contributed by atoms with Crippen molar-refractivity contribution in [2.24, 2.45) is 0 Å². The van der Waals surface area contributed by atoms with Gasteiger partial charge in [0.15, 0.2) is 0 Å². The molecule has 0 saturated carbocycles. The molecule has 0 spiro atoms. The molecule has 0 bridgehead atoms. The number of nitrogens with zero attached hydrogens (tertiary/aromatic N) is 3. The van der Waals surface area contributed by atoms with Crippen LogP contribution in [0.1, 0.15) is 28.1 Å². The lowest BCUT2D eigenvalue weighted by Gasteiger charge is -2.26. The molecule has 1 amide bonds. The second-order valence-electron chi connectivity index (χ2n) is 6.38. The van der Waals surface area contributed by atoms with Gasteiger partial charge in [-0.25, -0.2) is 9.97 Å². The maximum absolute atomic E-state index is 12.9. The fourth-order valence-electron chi connectivity index (χ4n) is 3.34. The zero-order valence-corrected chi connectivity index (χ0v) is 15.1. The highest BCUT2D eigenvalue weighted by atomic mass is 32.1. The molecule has 1 atom stereocenters. The van der Waals surface area contributed by atoms with Gasteiger partial charge >= 0.3 is 0 Å². The maximum Gasteiger partial charge on any atom is 0.264 e. The predicted octanol–water partition coefficient (Wildman–Crippen LogP) is 2.06. The zero-order chi connectivity index (χ0) is 17.2. The molecule has 0 radical (unpaired) electrons. The lowest BCUT2D eigenvalue weighted by Crippen LogP contribution is -2.40. The van der Waals surface area contributed by atoms with Gasteiger partial charge in [-0.15, -0.1) is 11.3 Å². The van der Waals surface area contributed by atoms with Crippen molar-refractivity contribution in [3.05, 3.63) is 16.8 Å². The summed E-state index contributed by atoms with van der Waals surface area (Å²) < 4.78 is 11.0. The summed E-state index contributed by atoms with van der Waals surface area (Å²) in [7, 11) is 0. The third-order valence-corrected chi connectivity index (χ3v) is 5.93. The quantitative estimate of drug-likeness (QED) is 0.897. The Balaban J connectivity index is 1.60. The Kier molecular flexibility index (Phi) is 4.82. The lowest BCUT2D eigenvalue weighted by atomic mass is 10.1. The topological polar surface area (TPSA) is 76.6 Å². The molecular weight excluding hydrogens is 340 g/mol. The number of nitrogens with one attached hydrogen (secondary N) is 1. The van der Waals surface area contributed by atoms with E-state index in [0.29, 0.717) is 26.3 Å². The van der Waals surface area contributed by atoms with Gasteiger partial charge in [0, 0.05) is 26.2 Å². The summed E-state index contributed by atoms with van der Waals surface area (Å²) >= 11 is 1.44. The molecule has 0 aliphatic carbocycles. The third kappa shape index (κ3) is 3.33. The first-order valence-corrected chi connectivity index (χ1v) is 9.52. The van der Waals surface area contributed by atoms with Crippen molar-refractivity contribution in [3.8, 4) is 0 Å². The number of aryl methyl sites for hydroxylation is 1. The molecule has 4 rings (SSSR count). The number of rotatable bonds is 4. The second-order valence-corrected chi connectivity index (χ2v) is 7.38. The number of fused-ring (bicyclic) bond motifs is 1.